The molecule has 5 heteroatoms. The third-order valence-corrected chi connectivity index (χ3v) is 3.50. The van der Waals surface area contributed by atoms with Crippen molar-refractivity contribution in [3.05, 3.63) is 35.4 Å². The topological polar surface area (TPSA) is 66.4 Å². The van der Waals surface area contributed by atoms with E-state index in [1.165, 1.54) is 17.3 Å². The number of carbonyl (C=O) groups is 2. The molecule has 0 saturated heterocycles. The normalized spacial score (nSPS) is 10.2. The number of benzene rings is 1. The smallest absolute Gasteiger partial charge is 0.313 e. The zero-order chi connectivity index (χ0) is 14.1. The van der Waals surface area contributed by atoms with Crippen molar-refractivity contribution in [3.8, 4) is 0 Å². The molecule has 0 aliphatic heterocycles. The molecule has 0 bridgehead atoms. The summed E-state index contributed by atoms with van der Waals surface area (Å²) in [6, 6.07) is 8.14. The van der Waals surface area contributed by atoms with Crippen LogP contribution in [0.25, 0.3) is 0 Å². The van der Waals surface area contributed by atoms with Crippen LogP contribution in [-0.2, 0) is 16.0 Å². The first-order chi connectivity index (χ1) is 9.08. The second-order valence-corrected chi connectivity index (χ2v) is 5.39. The van der Waals surface area contributed by atoms with Gasteiger partial charge in [-0.15, -0.1) is 11.8 Å². The van der Waals surface area contributed by atoms with Gasteiger partial charge in [-0.05, 0) is 18.9 Å². The maximum Gasteiger partial charge on any atom is 0.313 e. The van der Waals surface area contributed by atoms with Crippen molar-refractivity contribution in [2.75, 3.05) is 18.1 Å². The van der Waals surface area contributed by atoms with E-state index in [9.17, 15) is 9.59 Å². The van der Waals surface area contributed by atoms with Crippen molar-refractivity contribution >= 4 is 23.6 Å². The molecule has 1 amide bonds. The van der Waals surface area contributed by atoms with Gasteiger partial charge in [0.2, 0.25) is 5.91 Å². The number of thioether (sulfide) groups is 1. The van der Waals surface area contributed by atoms with Crippen molar-refractivity contribution < 1.29 is 14.7 Å². The van der Waals surface area contributed by atoms with Gasteiger partial charge < -0.3 is 10.4 Å². The highest BCUT2D eigenvalue weighted by atomic mass is 32.2. The van der Waals surface area contributed by atoms with E-state index in [0.29, 0.717) is 18.7 Å². The fraction of sp³-hybridized carbons (Fsp3) is 0.429. The molecule has 0 aliphatic rings. The number of hydrogen-bond donors (Lipinski definition) is 2. The van der Waals surface area contributed by atoms with Crippen LogP contribution in [0.1, 0.15) is 17.5 Å². The summed E-state index contributed by atoms with van der Waals surface area (Å²) in [4.78, 5) is 21.8. The van der Waals surface area contributed by atoms with Crippen LogP contribution in [0.2, 0.25) is 0 Å². The van der Waals surface area contributed by atoms with Gasteiger partial charge in [0, 0.05) is 18.7 Å². The number of carboxylic acids is 1. The van der Waals surface area contributed by atoms with Crippen LogP contribution in [0.4, 0.5) is 0 Å². The van der Waals surface area contributed by atoms with E-state index in [1.807, 2.05) is 31.2 Å². The van der Waals surface area contributed by atoms with E-state index in [1.54, 1.807) is 0 Å². The van der Waals surface area contributed by atoms with E-state index in [4.69, 9.17) is 5.11 Å². The van der Waals surface area contributed by atoms with Crippen LogP contribution < -0.4 is 5.32 Å². The first-order valence-electron chi connectivity index (χ1n) is 6.19. The van der Waals surface area contributed by atoms with Gasteiger partial charge in [0.05, 0.1) is 5.75 Å². The average Bonchev–Trinajstić information content (AvgIpc) is 2.37. The highest BCUT2D eigenvalue weighted by Crippen LogP contribution is 2.05. The van der Waals surface area contributed by atoms with Gasteiger partial charge in [0.1, 0.15) is 0 Å². The van der Waals surface area contributed by atoms with Crippen molar-refractivity contribution in [2.45, 2.75) is 19.8 Å². The Morgan fingerprint density at radius 1 is 1.26 bits per heavy atom. The Labute approximate surface area is 117 Å². The molecule has 1 rings (SSSR count). The average molecular weight is 281 g/mol. The van der Waals surface area contributed by atoms with Crippen molar-refractivity contribution in [3.63, 3.8) is 0 Å². The zero-order valence-electron chi connectivity index (χ0n) is 11.0. The van der Waals surface area contributed by atoms with E-state index >= 15 is 0 Å². The fourth-order valence-corrected chi connectivity index (χ4v) is 2.09. The quantitative estimate of drug-likeness (QED) is 0.714. The molecule has 0 saturated carbocycles. The summed E-state index contributed by atoms with van der Waals surface area (Å²) in [5.41, 5.74) is 2.37. The number of rotatable bonds is 8. The maximum absolute atomic E-state index is 11.5. The summed E-state index contributed by atoms with van der Waals surface area (Å²) < 4.78 is 0. The zero-order valence-corrected chi connectivity index (χ0v) is 11.8. The molecule has 0 spiro atoms. The number of nitrogens with one attached hydrogen (secondary N) is 1. The summed E-state index contributed by atoms with van der Waals surface area (Å²) in [6.07, 6.45) is 1.20. The Balaban J connectivity index is 2.11. The molecular weight excluding hydrogens is 262 g/mol. The molecular formula is C14H19NO3S. The van der Waals surface area contributed by atoms with E-state index in [-0.39, 0.29) is 11.7 Å². The first-order valence-corrected chi connectivity index (χ1v) is 7.35. The molecule has 0 radical (unpaired) electrons. The van der Waals surface area contributed by atoms with Gasteiger partial charge in [-0.2, -0.15) is 0 Å². The van der Waals surface area contributed by atoms with E-state index in [2.05, 4.69) is 5.32 Å². The van der Waals surface area contributed by atoms with Gasteiger partial charge in [-0.3, -0.25) is 9.59 Å². The van der Waals surface area contributed by atoms with Crippen molar-refractivity contribution in [2.24, 2.45) is 0 Å². The molecule has 0 heterocycles. The predicted octanol–water partition coefficient (Wildman–Crippen LogP) is 1.86. The number of amides is 1. The molecule has 0 aliphatic carbocycles. The number of hydrogen-bond acceptors (Lipinski definition) is 3. The lowest BCUT2D eigenvalue weighted by Gasteiger charge is -2.05. The highest BCUT2D eigenvalue weighted by Gasteiger charge is 2.02. The molecule has 1 aromatic rings. The van der Waals surface area contributed by atoms with Crippen LogP contribution in [0.3, 0.4) is 0 Å². The number of aryl methyl sites for hydroxylation is 2. The molecule has 0 unspecified atom stereocenters. The molecule has 0 aromatic heterocycles. The molecule has 2 N–H and O–H groups in total. The monoisotopic (exact) mass is 281 g/mol. The Hall–Kier alpha value is -1.49. The first kappa shape index (κ1) is 15.6. The lowest BCUT2D eigenvalue weighted by atomic mass is 10.1. The Bertz CT molecular complexity index is 417. The number of carbonyl (C=O) groups excluding carboxylic acids is 1. The Morgan fingerprint density at radius 3 is 2.58 bits per heavy atom. The molecule has 4 nitrogen and oxygen atoms in total. The van der Waals surface area contributed by atoms with Crippen LogP contribution in [0.5, 0.6) is 0 Å². The fourth-order valence-electron chi connectivity index (χ4n) is 1.52. The van der Waals surface area contributed by atoms with Crippen LogP contribution in [0, 0.1) is 6.92 Å². The highest BCUT2D eigenvalue weighted by molar-refractivity contribution is 7.99. The number of carboxylic acid groups (broad SMARTS) is 1. The lowest BCUT2D eigenvalue weighted by Crippen LogP contribution is -2.26. The SMILES string of the molecule is Cc1ccc(CCC(=O)NCCSCC(=O)O)cc1. The van der Waals surface area contributed by atoms with E-state index in [0.717, 1.165) is 12.0 Å². The molecule has 19 heavy (non-hydrogen) atoms. The summed E-state index contributed by atoms with van der Waals surface area (Å²) in [7, 11) is 0. The molecule has 104 valence electrons. The van der Waals surface area contributed by atoms with Gasteiger partial charge in [-0.25, -0.2) is 0 Å². The maximum atomic E-state index is 11.5. The van der Waals surface area contributed by atoms with Crippen LogP contribution in [0.15, 0.2) is 24.3 Å². The minimum Gasteiger partial charge on any atom is -0.481 e. The Morgan fingerprint density at radius 2 is 1.95 bits per heavy atom. The van der Waals surface area contributed by atoms with E-state index < -0.39 is 5.97 Å². The van der Waals surface area contributed by atoms with Crippen molar-refractivity contribution in [1.29, 1.82) is 0 Å². The third kappa shape index (κ3) is 7.51. The second kappa shape index (κ2) is 8.58. The van der Waals surface area contributed by atoms with Gasteiger partial charge in [0.15, 0.2) is 0 Å². The van der Waals surface area contributed by atoms with Crippen LogP contribution >= 0.6 is 11.8 Å². The Kier molecular flexibility index (Phi) is 7.03. The minimum atomic E-state index is -0.823. The van der Waals surface area contributed by atoms with Gasteiger partial charge >= 0.3 is 5.97 Å². The van der Waals surface area contributed by atoms with Gasteiger partial charge in [-0.1, -0.05) is 29.8 Å². The predicted molar refractivity (Wildman–Crippen MR) is 77.5 cm³/mol. The summed E-state index contributed by atoms with van der Waals surface area (Å²) in [5.74, 6) is -0.103. The second-order valence-electron chi connectivity index (χ2n) is 4.28. The standard InChI is InChI=1S/C14H19NO3S/c1-11-2-4-12(5-3-11)6-7-13(16)15-8-9-19-10-14(17)18/h2-5H,6-10H2,1H3,(H,15,16)(H,17,18). The summed E-state index contributed by atoms with van der Waals surface area (Å²) in [6.45, 7) is 2.55. The van der Waals surface area contributed by atoms with Crippen LogP contribution in [-0.4, -0.2) is 35.0 Å². The lowest BCUT2D eigenvalue weighted by molar-refractivity contribution is -0.133. The molecule has 0 atom stereocenters. The number of aliphatic carboxylic acids is 1. The molecule has 1 aromatic carbocycles. The third-order valence-electron chi connectivity index (χ3n) is 2.56. The largest absolute Gasteiger partial charge is 0.481 e. The minimum absolute atomic E-state index is 0.0106. The summed E-state index contributed by atoms with van der Waals surface area (Å²) >= 11 is 1.31. The summed E-state index contributed by atoms with van der Waals surface area (Å²) in [5, 5.41) is 11.2. The molecule has 0 fully saturated rings. The van der Waals surface area contributed by atoms with Crippen molar-refractivity contribution in [1.82, 2.24) is 5.32 Å². The van der Waals surface area contributed by atoms with Gasteiger partial charge in [0.25, 0.3) is 0 Å².